The van der Waals surface area contributed by atoms with Crippen LogP contribution in [0.4, 0.5) is 0 Å². The van der Waals surface area contributed by atoms with Crippen molar-refractivity contribution in [3.05, 3.63) is 0 Å². The number of sulfonamides is 1. The lowest BCUT2D eigenvalue weighted by atomic mass is 9.70. The summed E-state index contributed by atoms with van der Waals surface area (Å²) in [6.45, 7) is 3.61. The Hall–Kier alpha value is -0.130. The molecule has 118 valence electrons. The summed E-state index contributed by atoms with van der Waals surface area (Å²) >= 11 is 0. The summed E-state index contributed by atoms with van der Waals surface area (Å²) in [4.78, 5) is 0. The van der Waals surface area contributed by atoms with Gasteiger partial charge in [0.15, 0.2) is 0 Å². The van der Waals surface area contributed by atoms with Crippen LogP contribution in [0.3, 0.4) is 0 Å². The van der Waals surface area contributed by atoms with Crippen molar-refractivity contribution in [1.29, 1.82) is 0 Å². The van der Waals surface area contributed by atoms with Crippen LogP contribution in [0.2, 0.25) is 0 Å². The number of hydrogen-bond acceptors (Lipinski definition) is 3. The van der Waals surface area contributed by atoms with Gasteiger partial charge in [-0.1, -0.05) is 26.2 Å². The fraction of sp³-hybridized carbons (Fsp3) is 1.00. The lowest BCUT2D eigenvalue weighted by molar-refractivity contribution is 0.154. The van der Waals surface area contributed by atoms with Crippen LogP contribution >= 0.6 is 0 Å². The molecular formula is C15H30N2O2S. The molecule has 1 aliphatic carbocycles. The van der Waals surface area contributed by atoms with E-state index in [0.717, 1.165) is 38.0 Å². The Morgan fingerprint density at radius 3 is 2.60 bits per heavy atom. The molecule has 2 aliphatic rings. The first-order valence-electron chi connectivity index (χ1n) is 8.06. The van der Waals surface area contributed by atoms with Gasteiger partial charge in [0.25, 0.3) is 0 Å². The Bertz CT molecular complexity index is 424. The molecule has 2 fully saturated rings. The van der Waals surface area contributed by atoms with Gasteiger partial charge in [-0.25, -0.2) is 12.7 Å². The molecule has 0 spiro atoms. The highest BCUT2D eigenvalue weighted by Crippen LogP contribution is 2.38. The van der Waals surface area contributed by atoms with Crippen molar-refractivity contribution in [2.45, 2.75) is 63.8 Å². The average Bonchev–Trinajstić information content (AvgIpc) is 2.37. The van der Waals surface area contributed by atoms with Gasteiger partial charge in [0.1, 0.15) is 0 Å². The number of nitrogens with zero attached hydrogens (tertiary/aromatic N) is 1. The Balaban J connectivity index is 1.95. The van der Waals surface area contributed by atoms with E-state index >= 15 is 0 Å². The predicted molar refractivity (Wildman–Crippen MR) is 82.9 cm³/mol. The molecule has 1 saturated heterocycles. The lowest BCUT2D eigenvalue weighted by Gasteiger charge is -2.42. The second-order valence-corrected chi connectivity index (χ2v) is 9.05. The van der Waals surface area contributed by atoms with Crippen molar-refractivity contribution in [3.8, 4) is 0 Å². The summed E-state index contributed by atoms with van der Waals surface area (Å²) in [5.74, 6) is 1.21. The van der Waals surface area contributed by atoms with Crippen molar-refractivity contribution in [2.24, 2.45) is 17.6 Å². The summed E-state index contributed by atoms with van der Waals surface area (Å²) in [7, 11) is -3.04. The van der Waals surface area contributed by atoms with Gasteiger partial charge in [0, 0.05) is 18.6 Å². The zero-order valence-electron chi connectivity index (χ0n) is 13.0. The van der Waals surface area contributed by atoms with Crippen LogP contribution in [0.5, 0.6) is 0 Å². The topological polar surface area (TPSA) is 63.4 Å². The molecular weight excluding hydrogens is 272 g/mol. The van der Waals surface area contributed by atoms with Crippen LogP contribution in [0.15, 0.2) is 0 Å². The summed E-state index contributed by atoms with van der Waals surface area (Å²) < 4.78 is 25.0. The van der Waals surface area contributed by atoms with Gasteiger partial charge in [-0.05, 0) is 43.9 Å². The molecule has 0 amide bonds. The molecule has 1 aliphatic heterocycles. The van der Waals surface area contributed by atoms with Crippen LogP contribution in [-0.4, -0.2) is 37.6 Å². The van der Waals surface area contributed by atoms with Gasteiger partial charge in [0.05, 0.1) is 6.26 Å². The van der Waals surface area contributed by atoms with Crippen LogP contribution in [0.1, 0.15) is 58.3 Å². The van der Waals surface area contributed by atoms with Crippen molar-refractivity contribution >= 4 is 10.0 Å². The zero-order chi connectivity index (χ0) is 14.8. The van der Waals surface area contributed by atoms with Gasteiger partial charge >= 0.3 is 0 Å². The lowest BCUT2D eigenvalue weighted by Crippen LogP contribution is -2.48. The molecule has 0 bridgehead atoms. The molecule has 0 aromatic heterocycles. The molecule has 0 aromatic rings. The molecule has 2 rings (SSSR count). The largest absolute Gasteiger partial charge is 0.325 e. The van der Waals surface area contributed by atoms with Crippen molar-refractivity contribution in [1.82, 2.24) is 4.31 Å². The first kappa shape index (κ1) is 16.2. The van der Waals surface area contributed by atoms with Crippen LogP contribution in [0.25, 0.3) is 0 Å². The van der Waals surface area contributed by atoms with Gasteiger partial charge in [0.2, 0.25) is 10.0 Å². The van der Waals surface area contributed by atoms with E-state index < -0.39 is 10.0 Å². The summed E-state index contributed by atoms with van der Waals surface area (Å²) in [5.41, 5.74) is 6.59. The minimum absolute atomic E-state index is 0.0515. The SMILES string of the molecule is CCC1CCCC(N)(CC2CCCN(S(C)(=O)=O)C2)C1. The molecule has 3 atom stereocenters. The Labute approximate surface area is 124 Å². The van der Waals surface area contributed by atoms with Crippen molar-refractivity contribution < 1.29 is 8.42 Å². The highest BCUT2D eigenvalue weighted by Gasteiger charge is 2.36. The highest BCUT2D eigenvalue weighted by atomic mass is 32.2. The number of rotatable bonds is 4. The van der Waals surface area contributed by atoms with Gasteiger partial charge < -0.3 is 5.73 Å². The van der Waals surface area contributed by atoms with Crippen LogP contribution < -0.4 is 5.73 Å². The normalized spacial score (nSPS) is 37.0. The quantitative estimate of drug-likeness (QED) is 0.867. The monoisotopic (exact) mass is 302 g/mol. The van der Waals surface area contributed by atoms with Gasteiger partial charge in [-0.15, -0.1) is 0 Å². The van der Waals surface area contributed by atoms with Crippen LogP contribution in [0, 0.1) is 11.8 Å². The maximum Gasteiger partial charge on any atom is 0.211 e. The fourth-order valence-corrected chi connectivity index (χ4v) is 5.07. The second kappa shape index (κ2) is 6.32. The molecule has 0 aromatic carbocycles. The Kier molecular flexibility index (Phi) is 5.14. The maximum absolute atomic E-state index is 11.7. The third-order valence-corrected chi connectivity index (χ3v) is 6.48. The van der Waals surface area contributed by atoms with E-state index in [9.17, 15) is 8.42 Å². The van der Waals surface area contributed by atoms with E-state index in [1.54, 1.807) is 4.31 Å². The summed E-state index contributed by atoms with van der Waals surface area (Å²) in [6, 6.07) is 0. The van der Waals surface area contributed by atoms with E-state index in [-0.39, 0.29) is 5.54 Å². The highest BCUT2D eigenvalue weighted by molar-refractivity contribution is 7.88. The van der Waals surface area contributed by atoms with E-state index in [1.807, 2.05) is 0 Å². The third-order valence-electron chi connectivity index (χ3n) is 5.21. The predicted octanol–water partition coefficient (Wildman–Crippen LogP) is 2.35. The standard InChI is InChI=1S/C15H30N2O2S/c1-3-13-6-4-8-15(16,10-13)11-14-7-5-9-17(12-14)20(2,18)19/h13-14H,3-12,16H2,1-2H3. The van der Waals surface area contributed by atoms with E-state index in [2.05, 4.69) is 6.92 Å². The van der Waals surface area contributed by atoms with Crippen molar-refractivity contribution in [2.75, 3.05) is 19.3 Å². The van der Waals surface area contributed by atoms with E-state index in [0.29, 0.717) is 19.0 Å². The molecule has 4 nitrogen and oxygen atoms in total. The minimum atomic E-state index is -3.04. The molecule has 2 N–H and O–H groups in total. The average molecular weight is 302 g/mol. The maximum atomic E-state index is 11.7. The molecule has 0 radical (unpaired) electrons. The summed E-state index contributed by atoms with van der Waals surface area (Å²) in [5, 5.41) is 0. The van der Waals surface area contributed by atoms with Crippen molar-refractivity contribution in [3.63, 3.8) is 0 Å². The number of nitrogens with two attached hydrogens (primary N) is 1. The number of hydrogen-bond donors (Lipinski definition) is 1. The zero-order valence-corrected chi connectivity index (χ0v) is 13.8. The number of piperidine rings is 1. The van der Waals surface area contributed by atoms with E-state index in [1.165, 1.54) is 25.5 Å². The smallest absolute Gasteiger partial charge is 0.211 e. The van der Waals surface area contributed by atoms with E-state index in [4.69, 9.17) is 5.73 Å². The summed E-state index contributed by atoms with van der Waals surface area (Å²) in [6.07, 6.45) is 10.4. The second-order valence-electron chi connectivity index (χ2n) is 7.07. The first-order chi connectivity index (χ1) is 9.32. The molecule has 3 unspecified atom stereocenters. The fourth-order valence-electron chi connectivity index (χ4n) is 4.13. The van der Waals surface area contributed by atoms with Crippen LogP contribution in [-0.2, 0) is 10.0 Å². The Morgan fingerprint density at radius 2 is 1.95 bits per heavy atom. The minimum Gasteiger partial charge on any atom is -0.325 e. The van der Waals surface area contributed by atoms with Gasteiger partial charge in [-0.2, -0.15) is 0 Å². The molecule has 1 heterocycles. The third kappa shape index (κ3) is 4.18. The van der Waals surface area contributed by atoms with Gasteiger partial charge in [-0.3, -0.25) is 0 Å². The molecule has 1 saturated carbocycles. The Morgan fingerprint density at radius 1 is 1.25 bits per heavy atom. The molecule has 20 heavy (non-hydrogen) atoms. The molecule has 5 heteroatoms. The first-order valence-corrected chi connectivity index (χ1v) is 9.91.